The largest absolute Gasteiger partial charge is 0.471 e. The fourth-order valence-electron chi connectivity index (χ4n) is 2.05. The van der Waals surface area contributed by atoms with Crippen LogP contribution in [0.1, 0.15) is 32.3 Å². The molecule has 122 valence electrons. The highest BCUT2D eigenvalue weighted by atomic mass is 127. The molecule has 2 rings (SSSR count). The number of halogens is 1. The molecule has 0 fully saturated rings. The van der Waals surface area contributed by atoms with E-state index in [1.54, 1.807) is 6.92 Å². The topological polar surface area (TPSA) is 50.4 Å². The van der Waals surface area contributed by atoms with Crippen molar-refractivity contribution in [2.45, 2.75) is 32.9 Å². The zero-order chi connectivity index (χ0) is 16.8. The first-order valence-electron chi connectivity index (χ1n) is 7.54. The number of carbonyl (C=O) groups is 1. The lowest BCUT2D eigenvalue weighted by molar-refractivity contribution is 0.183. The van der Waals surface area contributed by atoms with Crippen LogP contribution in [0.4, 0.5) is 10.5 Å². The first kappa shape index (κ1) is 17.6. The van der Waals surface area contributed by atoms with Crippen LogP contribution in [0.5, 0.6) is 5.75 Å². The summed E-state index contributed by atoms with van der Waals surface area (Å²) in [6.45, 7) is 6.09. The minimum atomic E-state index is -0.427. The summed E-state index contributed by atoms with van der Waals surface area (Å²) < 4.78 is 6.82. The molecule has 0 aromatic heterocycles. The lowest BCUT2D eigenvalue weighted by atomic mass is 10.0. The summed E-state index contributed by atoms with van der Waals surface area (Å²) in [4.78, 5) is 11.9. The minimum absolute atomic E-state index is 0.294. The van der Waals surface area contributed by atoms with E-state index in [-0.39, 0.29) is 6.03 Å². The van der Waals surface area contributed by atoms with E-state index in [2.05, 4.69) is 47.1 Å². The molecule has 0 saturated heterocycles. The minimum Gasteiger partial charge on any atom is -0.471 e. The molecule has 23 heavy (non-hydrogen) atoms. The number of hydrogen-bond donors (Lipinski definition) is 2. The van der Waals surface area contributed by atoms with Gasteiger partial charge in [0.1, 0.15) is 5.75 Å². The molecule has 0 aliphatic rings. The van der Waals surface area contributed by atoms with Crippen LogP contribution in [-0.2, 0) is 0 Å². The highest BCUT2D eigenvalue weighted by molar-refractivity contribution is 14.1. The van der Waals surface area contributed by atoms with Crippen molar-refractivity contribution < 1.29 is 9.53 Å². The molecule has 2 aromatic carbocycles. The summed E-state index contributed by atoms with van der Waals surface area (Å²) in [5, 5.41) is 5.53. The van der Waals surface area contributed by atoms with Crippen LogP contribution >= 0.6 is 22.6 Å². The van der Waals surface area contributed by atoms with Crippen molar-refractivity contribution in [3.05, 3.63) is 57.7 Å². The van der Waals surface area contributed by atoms with Crippen molar-refractivity contribution in [2.24, 2.45) is 0 Å². The average Bonchev–Trinajstić information content (AvgIpc) is 2.50. The van der Waals surface area contributed by atoms with E-state index in [1.165, 1.54) is 5.56 Å². The third-order valence-electron chi connectivity index (χ3n) is 3.30. The van der Waals surface area contributed by atoms with Gasteiger partial charge < -0.3 is 15.4 Å². The smallest absolute Gasteiger partial charge is 0.322 e. The van der Waals surface area contributed by atoms with Gasteiger partial charge in [-0.05, 0) is 77.4 Å². The van der Waals surface area contributed by atoms with Gasteiger partial charge in [0.25, 0.3) is 0 Å². The van der Waals surface area contributed by atoms with E-state index < -0.39 is 6.23 Å². The number of nitrogens with one attached hydrogen (secondary N) is 2. The van der Waals surface area contributed by atoms with Crippen molar-refractivity contribution in [1.82, 2.24) is 5.32 Å². The van der Waals surface area contributed by atoms with Crippen molar-refractivity contribution >= 4 is 34.3 Å². The molecule has 4 nitrogen and oxygen atoms in total. The Morgan fingerprint density at radius 1 is 1.00 bits per heavy atom. The normalized spacial score (nSPS) is 11.9. The number of carbonyl (C=O) groups excluding carboxylic acids is 1. The summed E-state index contributed by atoms with van der Waals surface area (Å²) >= 11 is 2.22. The molecule has 2 N–H and O–H groups in total. The van der Waals surface area contributed by atoms with Crippen LogP contribution < -0.4 is 15.4 Å². The predicted molar refractivity (Wildman–Crippen MR) is 102 cm³/mol. The van der Waals surface area contributed by atoms with Crippen LogP contribution in [0.25, 0.3) is 0 Å². The average molecular weight is 424 g/mol. The number of ether oxygens (including phenoxy) is 1. The molecule has 0 aliphatic carbocycles. The zero-order valence-corrected chi connectivity index (χ0v) is 15.6. The van der Waals surface area contributed by atoms with Crippen molar-refractivity contribution in [3.8, 4) is 5.75 Å². The van der Waals surface area contributed by atoms with E-state index in [4.69, 9.17) is 4.74 Å². The van der Waals surface area contributed by atoms with Crippen LogP contribution in [-0.4, -0.2) is 12.3 Å². The molecule has 2 aromatic rings. The number of rotatable bonds is 5. The number of anilines is 1. The van der Waals surface area contributed by atoms with Gasteiger partial charge >= 0.3 is 6.03 Å². The van der Waals surface area contributed by atoms with Crippen LogP contribution in [0.15, 0.2) is 48.5 Å². The molecule has 1 atom stereocenters. The highest BCUT2D eigenvalue weighted by Gasteiger charge is 2.09. The number of amides is 2. The Labute approximate surface area is 150 Å². The number of hydrogen-bond acceptors (Lipinski definition) is 2. The summed E-state index contributed by atoms with van der Waals surface area (Å²) in [5.41, 5.74) is 2.01. The Kier molecular flexibility index (Phi) is 6.27. The zero-order valence-electron chi connectivity index (χ0n) is 13.5. The molecular weight excluding hydrogens is 403 g/mol. The fourth-order valence-corrected chi connectivity index (χ4v) is 2.41. The summed E-state index contributed by atoms with van der Waals surface area (Å²) in [5.74, 6) is 1.22. The SMILES string of the molecule is CC(NC(=O)Nc1ccc(I)cc1)Oc1ccc(C(C)C)cc1. The maximum atomic E-state index is 11.9. The van der Waals surface area contributed by atoms with Crippen LogP contribution in [0.2, 0.25) is 0 Å². The molecule has 0 bridgehead atoms. The third kappa shape index (κ3) is 5.74. The molecule has 0 saturated carbocycles. The molecule has 0 heterocycles. The van der Waals surface area contributed by atoms with Crippen molar-refractivity contribution in [3.63, 3.8) is 0 Å². The molecule has 0 aliphatic heterocycles. The number of urea groups is 1. The first-order chi connectivity index (χ1) is 10.9. The summed E-state index contributed by atoms with van der Waals surface area (Å²) in [7, 11) is 0. The van der Waals surface area contributed by atoms with Gasteiger partial charge in [-0.3, -0.25) is 0 Å². The maximum absolute atomic E-state index is 11.9. The quantitative estimate of drug-likeness (QED) is 0.527. The second-order valence-electron chi connectivity index (χ2n) is 5.59. The van der Waals surface area contributed by atoms with Gasteiger partial charge in [0.15, 0.2) is 6.23 Å². The van der Waals surface area contributed by atoms with Gasteiger partial charge in [0, 0.05) is 9.26 Å². The van der Waals surface area contributed by atoms with Gasteiger partial charge in [-0.1, -0.05) is 26.0 Å². The van der Waals surface area contributed by atoms with Gasteiger partial charge in [-0.2, -0.15) is 0 Å². The molecule has 1 unspecified atom stereocenters. The number of benzene rings is 2. The highest BCUT2D eigenvalue weighted by Crippen LogP contribution is 2.19. The molecule has 2 amide bonds. The Morgan fingerprint density at radius 3 is 2.17 bits per heavy atom. The van der Waals surface area contributed by atoms with E-state index in [0.29, 0.717) is 5.92 Å². The first-order valence-corrected chi connectivity index (χ1v) is 8.61. The van der Waals surface area contributed by atoms with Gasteiger partial charge in [-0.15, -0.1) is 0 Å². The Morgan fingerprint density at radius 2 is 1.61 bits per heavy atom. The predicted octanol–water partition coefficient (Wildman–Crippen LogP) is 4.96. The van der Waals surface area contributed by atoms with Crippen molar-refractivity contribution in [2.75, 3.05) is 5.32 Å². The van der Waals surface area contributed by atoms with E-state index >= 15 is 0 Å². The molecule has 0 spiro atoms. The standard InChI is InChI=1S/C18H21IN2O2/c1-12(2)14-4-10-17(11-5-14)23-13(3)20-18(22)21-16-8-6-15(19)7-9-16/h4-13H,1-3H3,(H2,20,21,22). The monoisotopic (exact) mass is 424 g/mol. The summed E-state index contributed by atoms with van der Waals surface area (Å²) in [6.07, 6.45) is -0.427. The fraction of sp³-hybridized carbons (Fsp3) is 0.278. The van der Waals surface area contributed by atoms with E-state index in [9.17, 15) is 4.79 Å². The van der Waals surface area contributed by atoms with Gasteiger partial charge in [0.2, 0.25) is 0 Å². The molecular formula is C18H21IN2O2. The Bertz CT molecular complexity index is 639. The molecule has 5 heteroatoms. The molecule has 0 radical (unpaired) electrons. The van der Waals surface area contributed by atoms with E-state index in [0.717, 1.165) is 15.0 Å². The van der Waals surface area contributed by atoms with Gasteiger partial charge in [-0.25, -0.2) is 4.79 Å². The Balaban J connectivity index is 1.84. The second kappa shape index (κ2) is 8.19. The second-order valence-corrected chi connectivity index (χ2v) is 6.83. The maximum Gasteiger partial charge on any atom is 0.322 e. The lowest BCUT2D eigenvalue weighted by Crippen LogP contribution is -2.39. The third-order valence-corrected chi connectivity index (χ3v) is 4.02. The van der Waals surface area contributed by atoms with Crippen LogP contribution in [0, 0.1) is 3.57 Å². The Hall–Kier alpha value is -1.76. The van der Waals surface area contributed by atoms with Crippen LogP contribution in [0.3, 0.4) is 0 Å². The van der Waals surface area contributed by atoms with Gasteiger partial charge in [0.05, 0.1) is 0 Å². The summed E-state index contributed by atoms with van der Waals surface area (Å²) in [6, 6.07) is 15.2. The van der Waals surface area contributed by atoms with Crippen molar-refractivity contribution in [1.29, 1.82) is 0 Å². The van der Waals surface area contributed by atoms with E-state index in [1.807, 2.05) is 48.5 Å². The lowest BCUT2D eigenvalue weighted by Gasteiger charge is -2.17.